The molecule has 2 saturated heterocycles. The summed E-state index contributed by atoms with van der Waals surface area (Å²) in [4.78, 5) is 23.5. The molecule has 7 nitrogen and oxygen atoms in total. The highest BCUT2D eigenvalue weighted by atomic mass is 127. The quantitative estimate of drug-likeness (QED) is 0.214. The molecule has 2 aliphatic heterocycles. The van der Waals surface area contributed by atoms with Crippen molar-refractivity contribution in [2.45, 2.75) is 46.0 Å². The lowest BCUT2D eigenvalue weighted by Crippen LogP contribution is -2.47. The minimum absolute atomic E-state index is 0. The van der Waals surface area contributed by atoms with Crippen LogP contribution in [0.2, 0.25) is 0 Å². The summed E-state index contributed by atoms with van der Waals surface area (Å²) in [5.74, 6) is 1.17. The molecule has 2 aliphatic rings. The number of likely N-dealkylation sites (tertiary alicyclic amines) is 1. The molecule has 8 heteroatoms. The molecule has 0 saturated carbocycles. The first-order chi connectivity index (χ1) is 13.1. The van der Waals surface area contributed by atoms with Gasteiger partial charge in [-0.05, 0) is 51.6 Å². The minimum atomic E-state index is -0.191. The van der Waals surface area contributed by atoms with Crippen molar-refractivity contribution in [3.8, 4) is 0 Å². The van der Waals surface area contributed by atoms with Crippen molar-refractivity contribution < 1.29 is 4.79 Å². The van der Waals surface area contributed by atoms with Crippen molar-refractivity contribution in [1.82, 2.24) is 20.0 Å². The van der Waals surface area contributed by atoms with Crippen LogP contribution in [0.1, 0.15) is 46.0 Å². The van der Waals surface area contributed by atoms with Gasteiger partial charge in [-0.1, -0.05) is 6.92 Å². The number of halogens is 1. The van der Waals surface area contributed by atoms with Crippen molar-refractivity contribution in [3.63, 3.8) is 0 Å². The number of nitrogens with zero attached hydrogens (tertiary/aromatic N) is 4. The van der Waals surface area contributed by atoms with Crippen LogP contribution in [0.5, 0.6) is 0 Å². The summed E-state index contributed by atoms with van der Waals surface area (Å²) in [6.07, 6.45) is 5.01. The number of nitrogens with one attached hydrogen (secondary N) is 1. The maximum atomic E-state index is 11.2. The molecule has 3 N–H and O–H groups in total. The lowest BCUT2D eigenvalue weighted by molar-refractivity contribution is -0.119. The van der Waals surface area contributed by atoms with Gasteiger partial charge in [-0.2, -0.15) is 0 Å². The molecule has 1 amide bonds. The molecule has 0 bridgehead atoms. The Kier molecular flexibility index (Phi) is 13.1. The lowest BCUT2D eigenvalue weighted by Gasteiger charge is -2.35. The molecule has 0 aliphatic carbocycles. The van der Waals surface area contributed by atoms with Crippen molar-refractivity contribution in [2.24, 2.45) is 16.6 Å². The molecule has 1 unspecified atom stereocenters. The van der Waals surface area contributed by atoms with Gasteiger partial charge in [-0.3, -0.25) is 9.79 Å². The first-order valence-corrected chi connectivity index (χ1v) is 10.9. The van der Waals surface area contributed by atoms with E-state index < -0.39 is 0 Å². The van der Waals surface area contributed by atoms with Crippen LogP contribution in [0, 0.1) is 5.92 Å². The highest BCUT2D eigenvalue weighted by Crippen LogP contribution is 2.19. The van der Waals surface area contributed by atoms with E-state index in [-0.39, 0.29) is 29.9 Å². The van der Waals surface area contributed by atoms with E-state index >= 15 is 0 Å². The predicted octanol–water partition coefficient (Wildman–Crippen LogP) is 1.58. The van der Waals surface area contributed by atoms with E-state index in [1.807, 2.05) is 0 Å². The minimum Gasteiger partial charge on any atom is -0.370 e. The zero-order chi connectivity index (χ0) is 19.5. The van der Waals surface area contributed by atoms with Gasteiger partial charge in [0.2, 0.25) is 5.91 Å². The van der Waals surface area contributed by atoms with E-state index in [1.54, 1.807) is 0 Å². The van der Waals surface area contributed by atoms with E-state index in [0.717, 1.165) is 51.4 Å². The number of carbonyl (C=O) groups is 1. The van der Waals surface area contributed by atoms with Gasteiger partial charge >= 0.3 is 0 Å². The summed E-state index contributed by atoms with van der Waals surface area (Å²) in [6.45, 7) is 15.2. The molecule has 1 atom stereocenters. The van der Waals surface area contributed by atoms with E-state index in [0.29, 0.717) is 12.3 Å². The number of rotatable bonds is 9. The van der Waals surface area contributed by atoms with Crippen LogP contribution < -0.4 is 11.1 Å². The molecular weight excluding hydrogens is 467 g/mol. The number of amides is 1. The maximum absolute atomic E-state index is 11.2. The van der Waals surface area contributed by atoms with Crippen LogP contribution in [0.25, 0.3) is 0 Å². The molecule has 164 valence electrons. The molecule has 0 aromatic carbocycles. The van der Waals surface area contributed by atoms with Gasteiger partial charge in [0.1, 0.15) is 0 Å². The lowest BCUT2D eigenvalue weighted by atomic mass is 9.95. The third kappa shape index (κ3) is 9.26. The summed E-state index contributed by atoms with van der Waals surface area (Å²) in [5, 5.41) is 3.42. The Balaban J connectivity index is 0.00000392. The Labute approximate surface area is 188 Å². The number of hydrogen-bond acceptors (Lipinski definition) is 4. The second-order valence-corrected chi connectivity index (χ2v) is 7.84. The smallest absolute Gasteiger partial charge is 0.217 e. The van der Waals surface area contributed by atoms with Gasteiger partial charge in [0, 0.05) is 58.8 Å². The van der Waals surface area contributed by atoms with Crippen LogP contribution in [0.3, 0.4) is 0 Å². The average Bonchev–Trinajstić information content (AvgIpc) is 2.67. The predicted molar refractivity (Wildman–Crippen MR) is 127 cm³/mol. The molecule has 0 spiro atoms. The van der Waals surface area contributed by atoms with E-state index in [9.17, 15) is 4.79 Å². The van der Waals surface area contributed by atoms with Gasteiger partial charge in [-0.15, -0.1) is 24.0 Å². The number of carbonyl (C=O) groups excluding carboxylic acids is 1. The van der Waals surface area contributed by atoms with Crippen molar-refractivity contribution in [2.75, 3.05) is 65.4 Å². The van der Waals surface area contributed by atoms with Gasteiger partial charge in [0.05, 0.1) is 0 Å². The maximum Gasteiger partial charge on any atom is 0.217 e. The zero-order valence-corrected chi connectivity index (χ0v) is 20.2. The van der Waals surface area contributed by atoms with Gasteiger partial charge in [0.15, 0.2) is 5.96 Å². The fourth-order valence-corrected chi connectivity index (χ4v) is 4.10. The third-order valence-corrected chi connectivity index (χ3v) is 5.70. The van der Waals surface area contributed by atoms with E-state index in [1.165, 1.54) is 45.7 Å². The number of hydrogen-bond donors (Lipinski definition) is 2. The Morgan fingerprint density at radius 2 is 1.82 bits per heavy atom. The topological polar surface area (TPSA) is 77.2 Å². The Bertz CT molecular complexity index is 468. The molecule has 2 fully saturated rings. The SMILES string of the molecule is CCNC(=NCCCCN1CCN(CC)CC1)N1CCCC(CC(N)=O)C1.I. The number of guanidine groups is 1. The molecule has 0 aromatic rings. The molecular formula is C20H41IN6O. The first-order valence-electron chi connectivity index (χ1n) is 10.9. The summed E-state index contributed by atoms with van der Waals surface area (Å²) < 4.78 is 0. The standard InChI is InChI=1S/C20H40N6O.HI/c1-3-22-20(26-11-7-8-18(17-26)16-19(21)27)23-9-5-6-10-25-14-12-24(4-2)13-15-25;/h18H,3-17H2,1-2H3,(H2,21,27)(H,22,23);1H. The van der Waals surface area contributed by atoms with E-state index in [2.05, 4.69) is 33.9 Å². The number of likely N-dealkylation sites (N-methyl/N-ethyl adjacent to an activating group) is 1. The Morgan fingerprint density at radius 1 is 1.11 bits per heavy atom. The zero-order valence-electron chi connectivity index (χ0n) is 17.9. The number of piperidine rings is 1. The van der Waals surface area contributed by atoms with Gasteiger partial charge in [-0.25, -0.2) is 0 Å². The largest absolute Gasteiger partial charge is 0.370 e. The molecule has 28 heavy (non-hydrogen) atoms. The number of unbranched alkanes of at least 4 members (excludes halogenated alkanes) is 1. The summed E-state index contributed by atoms with van der Waals surface area (Å²) in [5.41, 5.74) is 5.38. The van der Waals surface area contributed by atoms with Crippen molar-refractivity contribution in [3.05, 3.63) is 0 Å². The van der Waals surface area contributed by atoms with E-state index in [4.69, 9.17) is 10.7 Å². The normalized spacial score (nSPS) is 22.0. The number of primary amides is 1. The van der Waals surface area contributed by atoms with Gasteiger partial charge in [0.25, 0.3) is 0 Å². The van der Waals surface area contributed by atoms with Crippen molar-refractivity contribution >= 4 is 35.8 Å². The number of nitrogens with two attached hydrogens (primary N) is 1. The van der Waals surface area contributed by atoms with Crippen LogP contribution in [0.15, 0.2) is 4.99 Å². The molecule has 2 heterocycles. The highest BCUT2D eigenvalue weighted by Gasteiger charge is 2.23. The Morgan fingerprint density at radius 3 is 2.46 bits per heavy atom. The van der Waals surface area contributed by atoms with Crippen LogP contribution in [0.4, 0.5) is 0 Å². The summed E-state index contributed by atoms with van der Waals surface area (Å²) in [7, 11) is 0. The summed E-state index contributed by atoms with van der Waals surface area (Å²) in [6, 6.07) is 0. The fourth-order valence-electron chi connectivity index (χ4n) is 4.10. The highest BCUT2D eigenvalue weighted by molar-refractivity contribution is 14.0. The first kappa shape index (κ1) is 25.4. The molecule has 0 radical (unpaired) electrons. The summed E-state index contributed by atoms with van der Waals surface area (Å²) >= 11 is 0. The van der Waals surface area contributed by atoms with Crippen LogP contribution >= 0.6 is 24.0 Å². The second kappa shape index (κ2) is 14.4. The number of piperazine rings is 1. The third-order valence-electron chi connectivity index (χ3n) is 5.70. The number of aliphatic imine (C=N–C) groups is 1. The fraction of sp³-hybridized carbons (Fsp3) is 0.900. The molecule has 0 aromatic heterocycles. The second-order valence-electron chi connectivity index (χ2n) is 7.84. The average molecular weight is 508 g/mol. The Hall–Kier alpha value is -0.610. The van der Waals surface area contributed by atoms with Crippen LogP contribution in [-0.2, 0) is 4.79 Å². The van der Waals surface area contributed by atoms with Gasteiger partial charge < -0.3 is 25.8 Å². The molecule has 2 rings (SSSR count). The van der Waals surface area contributed by atoms with Crippen molar-refractivity contribution in [1.29, 1.82) is 0 Å². The monoisotopic (exact) mass is 508 g/mol. The van der Waals surface area contributed by atoms with Crippen LogP contribution in [-0.4, -0.2) is 92.0 Å².